The van der Waals surface area contributed by atoms with Crippen molar-refractivity contribution in [2.75, 3.05) is 0 Å². The second kappa shape index (κ2) is 4.45. The van der Waals surface area contributed by atoms with Crippen molar-refractivity contribution in [1.82, 2.24) is 14.8 Å². The van der Waals surface area contributed by atoms with Gasteiger partial charge in [0, 0.05) is 5.39 Å². The van der Waals surface area contributed by atoms with E-state index >= 15 is 0 Å². The Morgan fingerprint density at radius 2 is 1.90 bits per heavy atom. The van der Waals surface area contributed by atoms with Gasteiger partial charge in [-0.05, 0) is 32.0 Å². The number of nitrogens with zero attached hydrogens (tertiary/aromatic N) is 3. The van der Waals surface area contributed by atoms with Crippen molar-refractivity contribution < 1.29 is 9.90 Å². The standard InChI is InChI=1S/C15H13N3O2/c1-9-14(15(19)20)10(2)18(17-9)13-8-7-11-5-3-4-6-12(11)16-13/h3-8H,1-2H3,(H,19,20). The molecule has 3 aromatic rings. The molecule has 1 aromatic carbocycles. The molecule has 0 unspecified atom stereocenters. The molecule has 0 saturated heterocycles. The summed E-state index contributed by atoms with van der Waals surface area (Å²) in [5.41, 5.74) is 2.16. The van der Waals surface area contributed by atoms with Gasteiger partial charge in [0.25, 0.3) is 0 Å². The van der Waals surface area contributed by atoms with Gasteiger partial charge in [-0.2, -0.15) is 5.10 Å². The van der Waals surface area contributed by atoms with E-state index in [9.17, 15) is 9.90 Å². The third-order valence-corrected chi connectivity index (χ3v) is 3.31. The minimum Gasteiger partial charge on any atom is -0.478 e. The van der Waals surface area contributed by atoms with Crippen LogP contribution < -0.4 is 0 Å². The SMILES string of the molecule is Cc1nn(-c2ccc3ccccc3n2)c(C)c1C(=O)O. The molecular weight excluding hydrogens is 254 g/mol. The predicted octanol–water partition coefficient (Wildman–Crippen LogP) is 2.74. The maximum atomic E-state index is 11.2. The third-order valence-electron chi connectivity index (χ3n) is 3.31. The number of aryl methyl sites for hydroxylation is 1. The number of carboxylic acid groups (broad SMARTS) is 1. The average Bonchev–Trinajstić information content (AvgIpc) is 2.73. The van der Waals surface area contributed by atoms with Crippen LogP contribution in [0.4, 0.5) is 0 Å². The van der Waals surface area contributed by atoms with Crippen molar-refractivity contribution in [1.29, 1.82) is 0 Å². The summed E-state index contributed by atoms with van der Waals surface area (Å²) < 4.78 is 1.57. The lowest BCUT2D eigenvalue weighted by Gasteiger charge is -2.05. The second-order valence-corrected chi connectivity index (χ2v) is 4.62. The molecule has 3 rings (SSSR count). The third kappa shape index (κ3) is 1.84. The van der Waals surface area contributed by atoms with Gasteiger partial charge >= 0.3 is 5.97 Å². The number of hydrogen-bond donors (Lipinski definition) is 1. The zero-order valence-electron chi connectivity index (χ0n) is 11.2. The van der Waals surface area contributed by atoms with Crippen LogP contribution >= 0.6 is 0 Å². The molecule has 100 valence electrons. The Kier molecular flexibility index (Phi) is 2.75. The molecule has 0 bridgehead atoms. The van der Waals surface area contributed by atoms with Crippen molar-refractivity contribution >= 4 is 16.9 Å². The van der Waals surface area contributed by atoms with Crippen molar-refractivity contribution in [3.63, 3.8) is 0 Å². The lowest BCUT2D eigenvalue weighted by atomic mass is 10.2. The molecule has 2 heterocycles. The first kappa shape index (κ1) is 12.3. The van der Waals surface area contributed by atoms with E-state index in [0.29, 0.717) is 17.2 Å². The van der Waals surface area contributed by atoms with Crippen LogP contribution in [-0.4, -0.2) is 25.8 Å². The quantitative estimate of drug-likeness (QED) is 0.775. The lowest BCUT2D eigenvalue weighted by Crippen LogP contribution is -2.04. The van der Waals surface area contributed by atoms with Crippen molar-refractivity contribution in [2.45, 2.75) is 13.8 Å². The smallest absolute Gasteiger partial charge is 0.339 e. The van der Waals surface area contributed by atoms with E-state index in [1.165, 1.54) is 0 Å². The topological polar surface area (TPSA) is 68.0 Å². The van der Waals surface area contributed by atoms with Crippen molar-refractivity contribution in [3.05, 3.63) is 53.3 Å². The van der Waals surface area contributed by atoms with Crippen LogP contribution in [0, 0.1) is 13.8 Å². The van der Waals surface area contributed by atoms with E-state index in [2.05, 4.69) is 10.1 Å². The molecule has 5 heteroatoms. The van der Waals surface area contributed by atoms with Crippen LogP contribution in [0.15, 0.2) is 36.4 Å². The highest BCUT2D eigenvalue weighted by atomic mass is 16.4. The van der Waals surface area contributed by atoms with Gasteiger partial charge in [-0.1, -0.05) is 18.2 Å². The number of carboxylic acids is 1. The fraction of sp³-hybridized carbons (Fsp3) is 0.133. The van der Waals surface area contributed by atoms with Gasteiger partial charge < -0.3 is 5.11 Å². The van der Waals surface area contributed by atoms with Gasteiger partial charge in [0.1, 0.15) is 5.56 Å². The van der Waals surface area contributed by atoms with Gasteiger partial charge in [0.2, 0.25) is 0 Å². The predicted molar refractivity (Wildman–Crippen MR) is 75.3 cm³/mol. The van der Waals surface area contributed by atoms with E-state index in [1.54, 1.807) is 18.5 Å². The monoisotopic (exact) mass is 267 g/mol. The molecule has 0 aliphatic heterocycles. The Hall–Kier alpha value is -2.69. The summed E-state index contributed by atoms with van der Waals surface area (Å²) in [6.45, 7) is 3.42. The lowest BCUT2D eigenvalue weighted by molar-refractivity contribution is 0.0695. The molecule has 2 aromatic heterocycles. The number of fused-ring (bicyclic) bond motifs is 1. The molecular formula is C15H13N3O2. The highest BCUT2D eigenvalue weighted by Crippen LogP contribution is 2.19. The number of hydrogen-bond acceptors (Lipinski definition) is 3. The molecule has 0 fully saturated rings. The molecule has 5 nitrogen and oxygen atoms in total. The van der Waals surface area contributed by atoms with E-state index in [4.69, 9.17) is 0 Å². The maximum Gasteiger partial charge on any atom is 0.339 e. The molecule has 0 saturated carbocycles. The Bertz CT molecular complexity index is 821. The number of para-hydroxylation sites is 1. The van der Waals surface area contributed by atoms with Crippen LogP contribution in [-0.2, 0) is 0 Å². The summed E-state index contributed by atoms with van der Waals surface area (Å²) in [6, 6.07) is 11.6. The number of benzene rings is 1. The highest BCUT2D eigenvalue weighted by molar-refractivity contribution is 5.90. The molecule has 0 spiro atoms. The summed E-state index contributed by atoms with van der Waals surface area (Å²) in [5, 5.41) is 14.5. The van der Waals surface area contributed by atoms with Crippen LogP contribution in [0.5, 0.6) is 0 Å². The Labute approximate surface area is 115 Å². The van der Waals surface area contributed by atoms with Gasteiger partial charge in [0.05, 0.1) is 16.9 Å². The van der Waals surface area contributed by atoms with Crippen LogP contribution in [0.1, 0.15) is 21.7 Å². The first-order chi connectivity index (χ1) is 9.58. The first-order valence-electron chi connectivity index (χ1n) is 6.23. The number of carbonyl (C=O) groups is 1. The van der Waals surface area contributed by atoms with E-state index in [1.807, 2.05) is 36.4 Å². The second-order valence-electron chi connectivity index (χ2n) is 4.62. The van der Waals surface area contributed by atoms with Crippen molar-refractivity contribution in [3.8, 4) is 5.82 Å². The van der Waals surface area contributed by atoms with Crippen LogP contribution in [0.3, 0.4) is 0 Å². The van der Waals surface area contributed by atoms with Crippen molar-refractivity contribution in [2.24, 2.45) is 0 Å². The number of aromatic nitrogens is 3. The molecule has 0 amide bonds. The summed E-state index contributed by atoms with van der Waals surface area (Å²) >= 11 is 0. The molecule has 0 radical (unpaired) electrons. The maximum absolute atomic E-state index is 11.2. The number of pyridine rings is 1. The minimum atomic E-state index is -0.966. The van der Waals surface area contributed by atoms with Gasteiger partial charge in [-0.15, -0.1) is 0 Å². The molecule has 0 aliphatic rings. The number of rotatable bonds is 2. The van der Waals surface area contributed by atoms with E-state index in [0.717, 1.165) is 10.9 Å². The highest BCUT2D eigenvalue weighted by Gasteiger charge is 2.19. The molecule has 20 heavy (non-hydrogen) atoms. The molecule has 0 atom stereocenters. The van der Waals surface area contributed by atoms with Gasteiger partial charge in [-0.3, -0.25) is 0 Å². The summed E-state index contributed by atoms with van der Waals surface area (Å²) in [6.07, 6.45) is 0. The van der Waals surface area contributed by atoms with Crippen LogP contribution in [0.25, 0.3) is 16.7 Å². The van der Waals surface area contributed by atoms with E-state index < -0.39 is 5.97 Å². The zero-order chi connectivity index (χ0) is 14.3. The number of aromatic carboxylic acids is 1. The van der Waals surface area contributed by atoms with Gasteiger partial charge in [-0.25, -0.2) is 14.5 Å². The summed E-state index contributed by atoms with van der Waals surface area (Å²) in [7, 11) is 0. The summed E-state index contributed by atoms with van der Waals surface area (Å²) in [4.78, 5) is 15.8. The molecule has 1 N–H and O–H groups in total. The molecule has 0 aliphatic carbocycles. The average molecular weight is 267 g/mol. The minimum absolute atomic E-state index is 0.236. The Balaban J connectivity index is 2.21. The fourth-order valence-corrected chi connectivity index (χ4v) is 2.35. The first-order valence-corrected chi connectivity index (χ1v) is 6.23. The Morgan fingerprint density at radius 1 is 1.15 bits per heavy atom. The zero-order valence-corrected chi connectivity index (χ0v) is 11.2. The normalized spacial score (nSPS) is 10.9. The summed E-state index contributed by atoms with van der Waals surface area (Å²) in [5.74, 6) is -0.344. The fourth-order valence-electron chi connectivity index (χ4n) is 2.35. The van der Waals surface area contributed by atoms with Crippen LogP contribution in [0.2, 0.25) is 0 Å². The van der Waals surface area contributed by atoms with E-state index in [-0.39, 0.29) is 5.56 Å². The largest absolute Gasteiger partial charge is 0.478 e. The van der Waals surface area contributed by atoms with Gasteiger partial charge in [0.15, 0.2) is 5.82 Å². The Morgan fingerprint density at radius 3 is 2.60 bits per heavy atom.